The van der Waals surface area contributed by atoms with Gasteiger partial charge in [0.15, 0.2) is 17.5 Å². The van der Waals surface area contributed by atoms with Gasteiger partial charge in [-0.15, -0.1) is 12.4 Å². The summed E-state index contributed by atoms with van der Waals surface area (Å²) in [5.41, 5.74) is 6.01. The van der Waals surface area contributed by atoms with Gasteiger partial charge < -0.3 is 10.7 Å². The SMILES string of the molecule is Cl.NCCc1c[nH]c2c(F)c(F)c(F)cc12. The van der Waals surface area contributed by atoms with Gasteiger partial charge in [0.1, 0.15) is 0 Å². The number of aromatic amines is 1. The predicted molar refractivity (Wildman–Crippen MR) is 58.2 cm³/mol. The lowest BCUT2D eigenvalue weighted by atomic mass is 10.1. The Morgan fingerprint density at radius 3 is 2.50 bits per heavy atom. The number of hydrogen-bond acceptors (Lipinski definition) is 1. The van der Waals surface area contributed by atoms with Crippen LogP contribution in [-0.2, 0) is 6.42 Å². The van der Waals surface area contributed by atoms with Crippen molar-refractivity contribution in [2.75, 3.05) is 6.54 Å². The molecule has 0 saturated heterocycles. The van der Waals surface area contributed by atoms with Crippen molar-refractivity contribution in [2.24, 2.45) is 5.73 Å². The van der Waals surface area contributed by atoms with E-state index < -0.39 is 17.5 Å². The van der Waals surface area contributed by atoms with E-state index in [0.29, 0.717) is 23.9 Å². The summed E-state index contributed by atoms with van der Waals surface area (Å²) in [6.45, 7) is 0.369. The molecule has 0 saturated carbocycles. The van der Waals surface area contributed by atoms with Crippen LogP contribution in [0.3, 0.4) is 0 Å². The van der Waals surface area contributed by atoms with Gasteiger partial charge in [-0.3, -0.25) is 0 Å². The van der Waals surface area contributed by atoms with Gasteiger partial charge in [0.25, 0.3) is 0 Å². The van der Waals surface area contributed by atoms with E-state index in [1.807, 2.05) is 0 Å². The molecule has 1 aromatic carbocycles. The predicted octanol–water partition coefficient (Wildman–Crippen LogP) is 2.51. The Balaban J connectivity index is 0.00000128. The minimum atomic E-state index is -1.45. The van der Waals surface area contributed by atoms with Gasteiger partial charge in [0.2, 0.25) is 0 Å². The lowest BCUT2D eigenvalue weighted by Gasteiger charge is -1.99. The molecule has 0 aliphatic rings. The highest BCUT2D eigenvalue weighted by molar-refractivity contribution is 5.85. The number of nitrogens with one attached hydrogen (secondary N) is 1. The number of nitrogens with two attached hydrogens (primary N) is 1. The highest BCUT2D eigenvalue weighted by atomic mass is 35.5. The minimum Gasteiger partial charge on any atom is -0.358 e. The quantitative estimate of drug-likeness (QED) is 0.790. The van der Waals surface area contributed by atoms with E-state index >= 15 is 0 Å². The highest BCUT2D eigenvalue weighted by Crippen LogP contribution is 2.25. The molecule has 0 aliphatic carbocycles. The first-order valence-electron chi connectivity index (χ1n) is 4.48. The normalized spacial score (nSPS) is 10.5. The standard InChI is InChI=1S/C10H9F3N2.ClH/c11-7-3-6-5(1-2-14)4-15-10(6)9(13)8(7)12;/h3-4,15H,1-2,14H2;1H. The second-order valence-corrected chi connectivity index (χ2v) is 3.26. The van der Waals surface area contributed by atoms with Gasteiger partial charge in [-0.1, -0.05) is 0 Å². The lowest BCUT2D eigenvalue weighted by molar-refractivity contribution is 0.453. The Kier molecular flexibility index (Phi) is 3.83. The maximum absolute atomic E-state index is 13.2. The molecule has 2 rings (SSSR count). The summed E-state index contributed by atoms with van der Waals surface area (Å²) in [4.78, 5) is 2.57. The van der Waals surface area contributed by atoms with Crippen molar-refractivity contribution >= 4 is 23.3 Å². The van der Waals surface area contributed by atoms with Gasteiger partial charge >= 0.3 is 0 Å². The van der Waals surface area contributed by atoms with Crippen LogP contribution in [0, 0.1) is 17.5 Å². The smallest absolute Gasteiger partial charge is 0.196 e. The van der Waals surface area contributed by atoms with E-state index in [4.69, 9.17) is 5.73 Å². The van der Waals surface area contributed by atoms with Crippen molar-refractivity contribution < 1.29 is 13.2 Å². The molecule has 88 valence electrons. The molecule has 0 spiro atoms. The summed E-state index contributed by atoms with van der Waals surface area (Å²) in [5, 5.41) is 0.344. The molecular formula is C10H10ClF3N2. The Bertz CT molecular complexity index is 510. The molecule has 16 heavy (non-hydrogen) atoms. The molecule has 0 radical (unpaired) electrons. The third-order valence-corrected chi connectivity index (χ3v) is 2.31. The first-order valence-corrected chi connectivity index (χ1v) is 4.48. The number of aromatic nitrogens is 1. The number of fused-ring (bicyclic) bond motifs is 1. The van der Waals surface area contributed by atoms with E-state index in [0.717, 1.165) is 6.07 Å². The summed E-state index contributed by atoms with van der Waals surface area (Å²) in [6, 6.07) is 0.981. The number of benzene rings is 1. The Morgan fingerprint density at radius 2 is 1.88 bits per heavy atom. The Hall–Kier alpha value is -1.20. The van der Waals surface area contributed by atoms with Crippen LogP contribution in [0.15, 0.2) is 12.3 Å². The van der Waals surface area contributed by atoms with Crippen molar-refractivity contribution in [2.45, 2.75) is 6.42 Å². The molecule has 2 nitrogen and oxygen atoms in total. The number of halogens is 4. The number of rotatable bonds is 2. The maximum atomic E-state index is 13.2. The van der Waals surface area contributed by atoms with Crippen LogP contribution in [0.2, 0.25) is 0 Å². The Labute approximate surface area is 96.0 Å². The summed E-state index contributed by atoms with van der Waals surface area (Å²) in [6.07, 6.45) is 2.00. The molecule has 0 aliphatic heterocycles. The summed E-state index contributed by atoms with van der Waals surface area (Å²) in [5.74, 6) is -3.82. The van der Waals surface area contributed by atoms with Gasteiger partial charge in [-0.25, -0.2) is 13.2 Å². The average molecular weight is 251 g/mol. The number of H-pyrrole nitrogens is 1. The third kappa shape index (κ3) is 1.88. The van der Waals surface area contributed by atoms with Crippen LogP contribution < -0.4 is 5.73 Å². The molecule has 3 N–H and O–H groups in total. The van der Waals surface area contributed by atoms with Crippen LogP contribution in [0.1, 0.15) is 5.56 Å². The van der Waals surface area contributed by atoms with Gasteiger partial charge in [0.05, 0.1) is 5.52 Å². The largest absolute Gasteiger partial charge is 0.358 e. The van der Waals surface area contributed by atoms with Crippen molar-refractivity contribution in [1.29, 1.82) is 0 Å². The monoisotopic (exact) mass is 250 g/mol. The molecule has 1 aromatic heterocycles. The first kappa shape index (κ1) is 12.9. The molecule has 0 atom stereocenters. The van der Waals surface area contributed by atoms with Crippen molar-refractivity contribution in [3.8, 4) is 0 Å². The van der Waals surface area contributed by atoms with Crippen LogP contribution in [0.5, 0.6) is 0 Å². The van der Waals surface area contributed by atoms with E-state index in [9.17, 15) is 13.2 Å². The van der Waals surface area contributed by atoms with E-state index in [-0.39, 0.29) is 17.9 Å². The van der Waals surface area contributed by atoms with Gasteiger partial charge in [-0.2, -0.15) is 0 Å². The summed E-state index contributed by atoms with van der Waals surface area (Å²) >= 11 is 0. The third-order valence-electron chi connectivity index (χ3n) is 2.31. The fourth-order valence-corrected chi connectivity index (χ4v) is 1.59. The van der Waals surface area contributed by atoms with E-state index in [1.54, 1.807) is 0 Å². The summed E-state index contributed by atoms with van der Waals surface area (Å²) in [7, 11) is 0. The molecular weight excluding hydrogens is 241 g/mol. The van der Waals surface area contributed by atoms with E-state index in [2.05, 4.69) is 4.98 Å². The van der Waals surface area contributed by atoms with Crippen molar-refractivity contribution in [3.05, 3.63) is 35.3 Å². The van der Waals surface area contributed by atoms with Crippen molar-refractivity contribution in [1.82, 2.24) is 4.98 Å². The summed E-state index contributed by atoms with van der Waals surface area (Å²) < 4.78 is 39.0. The fraction of sp³-hybridized carbons (Fsp3) is 0.200. The van der Waals surface area contributed by atoms with Crippen LogP contribution in [0.4, 0.5) is 13.2 Å². The van der Waals surface area contributed by atoms with Gasteiger partial charge in [0, 0.05) is 11.6 Å². The average Bonchev–Trinajstić information content (AvgIpc) is 2.59. The van der Waals surface area contributed by atoms with Gasteiger partial charge in [-0.05, 0) is 24.6 Å². The molecule has 6 heteroatoms. The van der Waals surface area contributed by atoms with E-state index in [1.165, 1.54) is 6.20 Å². The minimum absolute atomic E-state index is 0. The number of hydrogen-bond donors (Lipinski definition) is 2. The second-order valence-electron chi connectivity index (χ2n) is 3.26. The lowest BCUT2D eigenvalue weighted by Crippen LogP contribution is -2.02. The molecule has 0 fully saturated rings. The van der Waals surface area contributed by atoms with Crippen LogP contribution in [0.25, 0.3) is 10.9 Å². The van der Waals surface area contributed by atoms with Crippen molar-refractivity contribution in [3.63, 3.8) is 0 Å². The van der Waals surface area contributed by atoms with Crippen LogP contribution >= 0.6 is 12.4 Å². The molecule has 0 bridgehead atoms. The maximum Gasteiger partial charge on any atom is 0.196 e. The Morgan fingerprint density at radius 1 is 1.19 bits per heavy atom. The highest BCUT2D eigenvalue weighted by Gasteiger charge is 2.16. The zero-order valence-corrected chi connectivity index (χ0v) is 9.00. The molecule has 1 heterocycles. The molecule has 0 unspecified atom stereocenters. The topological polar surface area (TPSA) is 41.8 Å². The zero-order valence-electron chi connectivity index (χ0n) is 8.19. The van der Waals surface area contributed by atoms with Crippen LogP contribution in [-0.4, -0.2) is 11.5 Å². The molecule has 0 amide bonds. The fourth-order valence-electron chi connectivity index (χ4n) is 1.59. The first-order chi connectivity index (χ1) is 7.15. The molecule has 2 aromatic rings. The second kappa shape index (κ2) is 4.76. The zero-order chi connectivity index (χ0) is 11.0.